The zero-order valence-electron chi connectivity index (χ0n) is 11.0. The third-order valence-corrected chi connectivity index (χ3v) is 3.33. The minimum absolute atomic E-state index is 0.211. The van der Waals surface area contributed by atoms with E-state index in [4.69, 9.17) is 15.5 Å². The molecule has 2 aromatic rings. The third kappa shape index (κ3) is 2.33. The summed E-state index contributed by atoms with van der Waals surface area (Å²) in [6.07, 6.45) is 0.986. The number of nitrogens with two attached hydrogens (primary N) is 1. The Morgan fingerprint density at radius 2 is 2.05 bits per heavy atom. The van der Waals surface area contributed by atoms with Gasteiger partial charge in [-0.15, -0.1) is 0 Å². The van der Waals surface area contributed by atoms with Gasteiger partial charge in [0.15, 0.2) is 5.82 Å². The van der Waals surface area contributed by atoms with Crippen LogP contribution in [-0.2, 0) is 0 Å². The molecule has 1 fully saturated rings. The predicted octanol–water partition coefficient (Wildman–Crippen LogP) is 1.57. The lowest BCUT2D eigenvalue weighted by Gasteiger charge is -2.19. The summed E-state index contributed by atoms with van der Waals surface area (Å²) in [4.78, 5) is 11.4. The lowest BCUT2D eigenvalue weighted by molar-refractivity contribution is 0.327. The summed E-state index contributed by atoms with van der Waals surface area (Å²) in [5, 5.41) is 0. The molecule has 0 amide bonds. The molecule has 2 N–H and O–H groups in total. The van der Waals surface area contributed by atoms with Crippen molar-refractivity contribution < 1.29 is 4.74 Å². The molecule has 1 saturated heterocycles. The second-order valence-corrected chi connectivity index (χ2v) is 4.77. The summed E-state index contributed by atoms with van der Waals surface area (Å²) in [5.74, 6) is 1.42. The molecule has 0 bridgehead atoms. The zero-order chi connectivity index (χ0) is 13.2. The molecule has 19 heavy (non-hydrogen) atoms. The van der Waals surface area contributed by atoms with Crippen molar-refractivity contribution in [2.75, 3.05) is 24.6 Å². The summed E-state index contributed by atoms with van der Waals surface area (Å²) in [5.41, 5.74) is 7.72. The molecule has 0 radical (unpaired) electrons. The van der Waals surface area contributed by atoms with Crippen molar-refractivity contribution in [2.45, 2.75) is 19.4 Å². The molecule has 1 aliphatic rings. The molecule has 2 heterocycles. The topological polar surface area (TPSA) is 64.3 Å². The van der Waals surface area contributed by atoms with Crippen LogP contribution >= 0.6 is 0 Å². The van der Waals surface area contributed by atoms with E-state index in [2.05, 4.69) is 9.88 Å². The molecule has 5 heteroatoms. The summed E-state index contributed by atoms with van der Waals surface area (Å²) in [7, 11) is 0. The minimum atomic E-state index is 0.211. The Hall–Kier alpha value is -1.88. The Bertz CT molecular complexity index is 587. The number of hydrogen-bond donors (Lipinski definition) is 1. The van der Waals surface area contributed by atoms with Gasteiger partial charge in [-0.2, -0.15) is 0 Å². The van der Waals surface area contributed by atoms with E-state index in [1.807, 2.05) is 31.2 Å². The van der Waals surface area contributed by atoms with Crippen molar-refractivity contribution in [3.8, 4) is 5.88 Å². The molecule has 3 rings (SSSR count). The molecular formula is C14H18N4O. The van der Waals surface area contributed by atoms with Crippen LogP contribution in [0.3, 0.4) is 0 Å². The van der Waals surface area contributed by atoms with Gasteiger partial charge in [0.05, 0.1) is 17.6 Å². The number of aromatic nitrogens is 2. The van der Waals surface area contributed by atoms with Gasteiger partial charge in [0.1, 0.15) is 0 Å². The Morgan fingerprint density at radius 3 is 2.68 bits per heavy atom. The first kappa shape index (κ1) is 12.2. The Balaban J connectivity index is 2.07. The molecule has 0 saturated carbocycles. The lowest BCUT2D eigenvalue weighted by atomic mass is 10.3. The SMILES string of the molecule is CCOc1nc2ccccc2nc1N1CC[C@@H](N)C1. The number of hydrogen-bond acceptors (Lipinski definition) is 5. The van der Waals surface area contributed by atoms with Crippen LogP contribution < -0.4 is 15.4 Å². The number of para-hydroxylation sites is 2. The van der Waals surface area contributed by atoms with Crippen LogP contribution in [0.4, 0.5) is 5.82 Å². The van der Waals surface area contributed by atoms with Gasteiger partial charge < -0.3 is 15.4 Å². The maximum Gasteiger partial charge on any atom is 0.258 e. The third-order valence-electron chi connectivity index (χ3n) is 3.33. The van der Waals surface area contributed by atoms with Crippen LogP contribution in [0.2, 0.25) is 0 Å². The predicted molar refractivity (Wildman–Crippen MR) is 75.5 cm³/mol. The summed E-state index contributed by atoms with van der Waals surface area (Å²) in [6, 6.07) is 8.06. The van der Waals surface area contributed by atoms with Crippen molar-refractivity contribution in [3.05, 3.63) is 24.3 Å². The van der Waals surface area contributed by atoms with Gasteiger partial charge >= 0.3 is 0 Å². The Morgan fingerprint density at radius 1 is 1.32 bits per heavy atom. The molecule has 0 spiro atoms. The van der Waals surface area contributed by atoms with Gasteiger partial charge in [-0.05, 0) is 25.5 Å². The first-order valence-corrected chi connectivity index (χ1v) is 6.68. The van der Waals surface area contributed by atoms with Crippen molar-refractivity contribution in [1.29, 1.82) is 0 Å². The highest BCUT2D eigenvalue weighted by molar-refractivity contribution is 5.77. The molecule has 5 nitrogen and oxygen atoms in total. The monoisotopic (exact) mass is 258 g/mol. The van der Waals surface area contributed by atoms with Crippen LogP contribution in [0.15, 0.2) is 24.3 Å². The molecule has 0 unspecified atom stereocenters. The van der Waals surface area contributed by atoms with Gasteiger partial charge in [0.25, 0.3) is 5.88 Å². The first-order valence-electron chi connectivity index (χ1n) is 6.68. The van der Waals surface area contributed by atoms with E-state index < -0.39 is 0 Å². The fraction of sp³-hybridized carbons (Fsp3) is 0.429. The Kier molecular flexibility index (Phi) is 3.21. The maximum absolute atomic E-state index is 5.97. The molecule has 1 atom stereocenters. The highest BCUT2D eigenvalue weighted by Crippen LogP contribution is 2.29. The molecule has 0 aliphatic carbocycles. The molecule has 1 aromatic carbocycles. The number of rotatable bonds is 3. The molecule has 100 valence electrons. The van der Waals surface area contributed by atoms with Gasteiger partial charge in [0, 0.05) is 19.1 Å². The standard InChI is InChI=1S/C14H18N4O/c1-2-19-14-13(18-8-7-10(15)9-18)16-11-5-3-4-6-12(11)17-14/h3-6,10H,2,7-9,15H2,1H3/t10-/m1/s1. The van der Waals surface area contributed by atoms with E-state index in [1.54, 1.807) is 0 Å². The van der Waals surface area contributed by atoms with E-state index in [0.29, 0.717) is 12.5 Å². The van der Waals surface area contributed by atoms with Gasteiger partial charge in [-0.1, -0.05) is 12.1 Å². The smallest absolute Gasteiger partial charge is 0.258 e. The fourth-order valence-electron chi connectivity index (χ4n) is 2.39. The lowest BCUT2D eigenvalue weighted by Crippen LogP contribution is -2.27. The van der Waals surface area contributed by atoms with E-state index >= 15 is 0 Å². The van der Waals surface area contributed by atoms with Gasteiger partial charge in [0.2, 0.25) is 0 Å². The van der Waals surface area contributed by atoms with E-state index in [1.165, 1.54) is 0 Å². The highest BCUT2D eigenvalue weighted by Gasteiger charge is 2.24. The second-order valence-electron chi connectivity index (χ2n) is 4.77. The summed E-state index contributed by atoms with van der Waals surface area (Å²) < 4.78 is 5.64. The Labute approximate surface area is 112 Å². The van der Waals surface area contributed by atoms with Crippen molar-refractivity contribution >= 4 is 16.9 Å². The van der Waals surface area contributed by atoms with E-state index in [9.17, 15) is 0 Å². The quantitative estimate of drug-likeness (QED) is 0.905. The van der Waals surface area contributed by atoms with E-state index in [-0.39, 0.29) is 6.04 Å². The van der Waals surface area contributed by atoms with E-state index in [0.717, 1.165) is 36.4 Å². The zero-order valence-corrected chi connectivity index (χ0v) is 11.0. The first-order chi connectivity index (χ1) is 9.28. The largest absolute Gasteiger partial charge is 0.475 e. The molecule has 1 aromatic heterocycles. The molecule has 1 aliphatic heterocycles. The average Bonchev–Trinajstić information content (AvgIpc) is 2.85. The number of benzene rings is 1. The van der Waals surface area contributed by atoms with Crippen LogP contribution in [0.5, 0.6) is 5.88 Å². The van der Waals surface area contributed by atoms with Crippen molar-refractivity contribution in [1.82, 2.24) is 9.97 Å². The second kappa shape index (κ2) is 5.01. The van der Waals surface area contributed by atoms with Crippen molar-refractivity contribution in [2.24, 2.45) is 5.73 Å². The number of ether oxygens (including phenoxy) is 1. The summed E-state index contributed by atoms with van der Waals surface area (Å²) in [6.45, 7) is 4.26. The van der Waals surface area contributed by atoms with Crippen LogP contribution in [0.25, 0.3) is 11.0 Å². The van der Waals surface area contributed by atoms with Crippen LogP contribution in [0, 0.1) is 0 Å². The molecular weight excluding hydrogens is 240 g/mol. The van der Waals surface area contributed by atoms with Crippen LogP contribution in [-0.4, -0.2) is 35.7 Å². The normalized spacial score (nSPS) is 19.1. The van der Waals surface area contributed by atoms with Gasteiger partial charge in [-0.3, -0.25) is 0 Å². The number of fused-ring (bicyclic) bond motifs is 1. The number of anilines is 1. The van der Waals surface area contributed by atoms with Crippen LogP contribution in [0.1, 0.15) is 13.3 Å². The van der Waals surface area contributed by atoms with Gasteiger partial charge in [-0.25, -0.2) is 9.97 Å². The average molecular weight is 258 g/mol. The summed E-state index contributed by atoms with van der Waals surface area (Å²) >= 11 is 0. The minimum Gasteiger partial charge on any atom is -0.475 e. The van der Waals surface area contributed by atoms with Crippen molar-refractivity contribution in [3.63, 3.8) is 0 Å². The number of nitrogens with zero attached hydrogens (tertiary/aromatic N) is 3. The fourth-order valence-corrected chi connectivity index (χ4v) is 2.39. The highest BCUT2D eigenvalue weighted by atomic mass is 16.5. The maximum atomic E-state index is 5.97.